The average Bonchev–Trinajstić information content (AvgIpc) is 2.69. The monoisotopic (exact) mass is 572 g/mol. The van der Waals surface area contributed by atoms with Gasteiger partial charge >= 0.3 is 0 Å². The van der Waals surface area contributed by atoms with Gasteiger partial charge in [0.15, 0.2) is 5.96 Å². The molecule has 0 spiro atoms. The lowest BCUT2D eigenvalue weighted by Crippen LogP contribution is -2.50. The van der Waals surface area contributed by atoms with Crippen LogP contribution in [0.25, 0.3) is 0 Å². The summed E-state index contributed by atoms with van der Waals surface area (Å²) in [5.41, 5.74) is 1.03. The third-order valence-corrected chi connectivity index (χ3v) is 7.33. The van der Waals surface area contributed by atoms with E-state index < -0.39 is 10.0 Å². The number of piperidine rings is 1. The lowest BCUT2D eigenvalue weighted by Gasteiger charge is -2.32. The van der Waals surface area contributed by atoms with E-state index in [4.69, 9.17) is 16.3 Å². The summed E-state index contributed by atoms with van der Waals surface area (Å²) in [4.78, 5) is 4.66. The summed E-state index contributed by atoms with van der Waals surface area (Å²) < 4.78 is 31.2. The SMILES string of the molecule is CCCS(=O)(=O)N1CCC(NC(=NCCc2ccc(OC)cc2Cl)NCC)CC1.I. The molecule has 7 nitrogen and oxygen atoms in total. The molecule has 172 valence electrons. The molecule has 1 heterocycles. The quantitative estimate of drug-likeness (QED) is 0.270. The summed E-state index contributed by atoms with van der Waals surface area (Å²) in [7, 11) is -1.49. The fourth-order valence-corrected chi connectivity index (χ4v) is 5.13. The number of aliphatic imine (C=N–C) groups is 1. The third-order valence-electron chi connectivity index (χ3n) is 4.91. The first kappa shape index (κ1) is 27.3. The largest absolute Gasteiger partial charge is 0.497 e. The molecule has 1 fully saturated rings. The Morgan fingerprint density at radius 3 is 2.57 bits per heavy atom. The van der Waals surface area contributed by atoms with Crippen molar-refractivity contribution in [2.45, 2.75) is 45.6 Å². The Bertz CT molecular complexity index is 784. The zero-order valence-corrected chi connectivity index (χ0v) is 21.9. The minimum atomic E-state index is -3.11. The van der Waals surface area contributed by atoms with Crippen LogP contribution in [0.3, 0.4) is 0 Å². The fraction of sp³-hybridized carbons (Fsp3) is 0.650. The highest BCUT2D eigenvalue weighted by Gasteiger charge is 2.27. The number of guanidine groups is 1. The highest BCUT2D eigenvalue weighted by molar-refractivity contribution is 14.0. The molecule has 0 radical (unpaired) electrons. The van der Waals surface area contributed by atoms with Crippen molar-refractivity contribution in [1.29, 1.82) is 0 Å². The summed E-state index contributed by atoms with van der Waals surface area (Å²) in [6.07, 6.45) is 2.93. The normalized spacial score (nSPS) is 16.1. The second kappa shape index (κ2) is 13.6. The Labute approximate surface area is 203 Å². The second-order valence-electron chi connectivity index (χ2n) is 7.10. The van der Waals surface area contributed by atoms with E-state index in [2.05, 4.69) is 15.6 Å². The standard InChI is InChI=1S/C20H33ClN4O3S.HI/c1-4-14-29(26,27)25-12-9-17(10-13-25)24-20(22-5-2)23-11-8-16-6-7-18(28-3)15-19(16)21;/h6-7,15,17H,4-5,8-14H2,1-3H3,(H2,22,23,24);1H. The van der Waals surface area contributed by atoms with Gasteiger partial charge in [0.2, 0.25) is 10.0 Å². The van der Waals surface area contributed by atoms with E-state index in [1.54, 1.807) is 11.4 Å². The van der Waals surface area contributed by atoms with E-state index in [0.29, 0.717) is 31.1 Å². The van der Waals surface area contributed by atoms with Gasteiger partial charge in [-0.05, 0) is 50.3 Å². The summed E-state index contributed by atoms with van der Waals surface area (Å²) in [6, 6.07) is 5.88. The molecule has 1 aromatic carbocycles. The smallest absolute Gasteiger partial charge is 0.214 e. The van der Waals surface area contributed by atoms with Crippen LogP contribution in [0.5, 0.6) is 5.75 Å². The Hall–Kier alpha value is -0.780. The van der Waals surface area contributed by atoms with Gasteiger partial charge in [-0.3, -0.25) is 4.99 Å². The van der Waals surface area contributed by atoms with Gasteiger partial charge in [0.05, 0.1) is 12.9 Å². The maximum atomic E-state index is 12.2. The number of rotatable bonds is 9. The van der Waals surface area contributed by atoms with Gasteiger partial charge in [-0.15, -0.1) is 24.0 Å². The van der Waals surface area contributed by atoms with Crippen LogP contribution in [-0.2, 0) is 16.4 Å². The molecule has 0 saturated carbocycles. The average molecular weight is 573 g/mol. The number of nitrogens with zero attached hydrogens (tertiary/aromatic N) is 2. The number of halogens is 2. The molecule has 1 aromatic rings. The van der Waals surface area contributed by atoms with Crippen molar-refractivity contribution in [3.05, 3.63) is 28.8 Å². The van der Waals surface area contributed by atoms with E-state index in [9.17, 15) is 8.42 Å². The third kappa shape index (κ3) is 8.39. The van der Waals surface area contributed by atoms with Gasteiger partial charge in [-0.2, -0.15) is 0 Å². The van der Waals surface area contributed by atoms with Gasteiger partial charge in [-0.25, -0.2) is 12.7 Å². The van der Waals surface area contributed by atoms with Crippen LogP contribution in [-0.4, -0.2) is 63.8 Å². The van der Waals surface area contributed by atoms with E-state index in [0.717, 1.165) is 43.1 Å². The number of methoxy groups -OCH3 is 1. The van der Waals surface area contributed by atoms with Gasteiger partial charge in [0.25, 0.3) is 0 Å². The van der Waals surface area contributed by atoms with Crippen LogP contribution in [0.1, 0.15) is 38.7 Å². The molecule has 0 bridgehead atoms. The highest BCUT2D eigenvalue weighted by Crippen LogP contribution is 2.22. The number of sulfonamides is 1. The van der Waals surface area contributed by atoms with Crippen LogP contribution in [0, 0.1) is 0 Å². The van der Waals surface area contributed by atoms with Crippen molar-refractivity contribution in [2.24, 2.45) is 4.99 Å². The summed E-state index contributed by atoms with van der Waals surface area (Å²) in [5.74, 6) is 1.72. The Kier molecular flexibility index (Phi) is 12.3. The summed E-state index contributed by atoms with van der Waals surface area (Å²) in [5, 5.41) is 7.39. The van der Waals surface area contributed by atoms with Crippen LogP contribution < -0.4 is 15.4 Å². The van der Waals surface area contributed by atoms with Gasteiger partial charge in [0, 0.05) is 37.2 Å². The second-order valence-corrected chi connectivity index (χ2v) is 9.60. The lowest BCUT2D eigenvalue weighted by molar-refractivity contribution is 0.306. The Morgan fingerprint density at radius 2 is 2.00 bits per heavy atom. The molecule has 1 saturated heterocycles. The van der Waals surface area contributed by atoms with Crippen molar-refractivity contribution in [1.82, 2.24) is 14.9 Å². The van der Waals surface area contributed by atoms with Gasteiger partial charge in [0.1, 0.15) is 5.75 Å². The van der Waals surface area contributed by atoms with Crippen molar-refractivity contribution in [3.63, 3.8) is 0 Å². The van der Waals surface area contributed by atoms with Crippen LogP contribution in [0.2, 0.25) is 5.02 Å². The molecule has 2 rings (SSSR count). The molecule has 30 heavy (non-hydrogen) atoms. The maximum Gasteiger partial charge on any atom is 0.214 e. The minimum Gasteiger partial charge on any atom is -0.497 e. The first-order chi connectivity index (χ1) is 13.9. The zero-order chi connectivity index (χ0) is 21.3. The predicted octanol–water partition coefficient (Wildman–Crippen LogP) is 3.27. The molecule has 1 aliphatic rings. The fourth-order valence-electron chi connectivity index (χ4n) is 3.32. The van der Waals surface area contributed by atoms with Crippen LogP contribution in [0.4, 0.5) is 0 Å². The van der Waals surface area contributed by atoms with E-state index in [1.807, 2.05) is 32.0 Å². The first-order valence-electron chi connectivity index (χ1n) is 10.2. The van der Waals surface area contributed by atoms with Gasteiger partial charge < -0.3 is 15.4 Å². The van der Waals surface area contributed by atoms with Crippen molar-refractivity contribution in [3.8, 4) is 5.75 Å². The Balaban J connectivity index is 0.00000450. The van der Waals surface area contributed by atoms with E-state index >= 15 is 0 Å². The van der Waals surface area contributed by atoms with Crippen LogP contribution >= 0.6 is 35.6 Å². The van der Waals surface area contributed by atoms with Crippen LogP contribution in [0.15, 0.2) is 23.2 Å². The molecule has 0 aromatic heterocycles. The first-order valence-corrected chi connectivity index (χ1v) is 12.2. The molecule has 0 unspecified atom stereocenters. The van der Waals surface area contributed by atoms with E-state index in [-0.39, 0.29) is 35.8 Å². The Morgan fingerprint density at radius 1 is 1.30 bits per heavy atom. The topological polar surface area (TPSA) is 83.0 Å². The lowest BCUT2D eigenvalue weighted by atomic mass is 10.1. The minimum absolute atomic E-state index is 0. The van der Waals surface area contributed by atoms with Crippen molar-refractivity contribution >= 4 is 51.6 Å². The molecule has 0 amide bonds. The molecule has 0 aliphatic carbocycles. The number of ether oxygens (including phenoxy) is 1. The highest BCUT2D eigenvalue weighted by atomic mass is 127. The molecule has 1 aliphatic heterocycles. The molecule has 10 heteroatoms. The zero-order valence-electron chi connectivity index (χ0n) is 18.0. The maximum absolute atomic E-state index is 12.2. The van der Waals surface area contributed by atoms with Gasteiger partial charge in [-0.1, -0.05) is 24.6 Å². The number of hydrogen-bond donors (Lipinski definition) is 2. The molecule has 0 atom stereocenters. The number of benzene rings is 1. The summed E-state index contributed by atoms with van der Waals surface area (Å²) in [6.45, 7) is 6.40. The number of nitrogens with one attached hydrogen (secondary N) is 2. The predicted molar refractivity (Wildman–Crippen MR) is 135 cm³/mol. The molecular weight excluding hydrogens is 539 g/mol. The molecule has 2 N–H and O–H groups in total. The molecular formula is C20H34ClIN4O3S. The number of hydrogen-bond acceptors (Lipinski definition) is 4. The van der Waals surface area contributed by atoms with Crippen molar-refractivity contribution in [2.75, 3.05) is 39.0 Å². The van der Waals surface area contributed by atoms with Crippen molar-refractivity contribution < 1.29 is 13.2 Å². The van der Waals surface area contributed by atoms with E-state index in [1.165, 1.54) is 0 Å². The summed E-state index contributed by atoms with van der Waals surface area (Å²) >= 11 is 6.30.